The van der Waals surface area contributed by atoms with Crippen LogP contribution in [-0.2, 0) is 24.4 Å². The number of rotatable bonds is 3. The zero-order valence-electron chi connectivity index (χ0n) is 15.3. The van der Waals surface area contributed by atoms with Crippen LogP contribution in [0.15, 0.2) is 6.07 Å². The minimum absolute atomic E-state index is 0.302. The number of piperazine rings is 1. The van der Waals surface area contributed by atoms with Gasteiger partial charge < -0.3 is 10.2 Å². The topological polar surface area (TPSA) is 53.4 Å². The molecular weight excluding hydrogens is 314 g/mol. The average Bonchev–Trinajstić information content (AvgIpc) is 2.90. The van der Waals surface area contributed by atoms with Crippen LogP contribution in [0.1, 0.15) is 49.9 Å². The highest BCUT2D eigenvalue weighted by Gasteiger charge is 2.28. The number of nitrogens with zero attached hydrogens (tertiary/aromatic N) is 4. The first-order chi connectivity index (χ1) is 12.3. The van der Waals surface area contributed by atoms with Gasteiger partial charge in [-0.25, -0.2) is 0 Å². The van der Waals surface area contributed by atoms with Crippen molar-refractivity contribution < 1.29 is 4.79 Å². The third kappa shape index (κ3) is 4.06. The Morgan fingerprint density at radius 1 is 1.08 bits per heavy atom. The van der Waals surface area contributed by atoms with Crippen LogP contribution >= 0.6 is 0 Å². The Balaban J connectivity index is 1.28. The Labute approximate surface area is 150 Å². The van der Waals surface area contributed by atoms with Gasteiger partial charge in [-0.3, -0.25) is 14.4 Å². The molecule has 3 aliphatic rings. The van der Waals surface area contributed by atoms with Crippen LogP contribution in [0, 0.1) is 5.92 Å². The maximum absolute atomic E-state index is 12.7. The molecule has 0 unspecified atom stereocenters. The first kappa shape index (κ1) is 17.0. The monoisotopic (exact) mass is 345 g/mol. The molecule has 1 amide bonds. The van der Waals surface area contributed by atoms with Crippen molar-refractivity contribution in [2.45, 2.75) is 58.2 Å². The molecule has 1 saturated heterocycles. The summed E-state index contributed by atoms with van der Waals surface area (Å²) in [7, 11) is 0. The molecule has 4 rings (SSSR count). The Kier molecular flexibility index (Phi) is 5.36. The summed E-state index contributed by atoms with van der Waals surface area (Å²) in [6.45, 7) is 7.64. The number of carbonyl (C=O) groups excluding carboxylic acids is 1. The molecule has 0 bridgehead atoms. The normalized spacial score (nSPS) is 23.3. The highest BCUT2D eigenvalue weighted by molar-refractivity contribution is 5.79. The second kappa shape index (κ2) is 7.87. The van der Waals surface area contributed by atoms with E-state index in [9.17, 15) is 4.79 Å². The fourth-order valence-corrected chi connectivity index (χ4v) is 4.46. The molecule has 6 heteroatoms. The lowest BCUT2D eigenvalue weighted by Gasteiger charge is -2.36. The van der Waals surface area contributed by atoms with Gasteiger partial charge in [0.2, 0.25) is 5.91 Å². The molecular formula is C19H31N5O. The van der Waals surface area contributed by atoms with Crippen LogP contribution in [0.4, 0.5) is 0 Å². The van der Waals surface area contributed by atoms with E-state index >= 15 is 0 Å². The van der Waals surface area contributed by atoms with Crippen molar-refractivity contribution in [1.29, 1.82) is 0 Å². The van der Waals surface area contributed by atoms with Crippen LogP contribution in [0.3, 0.4) is 0 Å². The van der Waals surface area contributed by atoms with Crippen LogP contribution < -0.4 is 5.32 Å². The summed E-state index contributed by atoms with van der Waals surface area (Å²) in [4.78, 5) is 17.2. The number of aromatic nitrogens is 2. The predicted molar refractivity (Wildman–Crippen MR) is 97.0 cm³/mol. The quantitative estimate of drug-likeness (QED) is 0.904. The number of nitrogens with one attached hydrogen (secondary N) is 1. The lowest BCUT2D eigenvalue weighted by atomic mass is 9.88. The Bertz CT molecular complexity index is 561. The van der Waals surface area contributed by atoms with Gasteiger partial charge >= 0.3 is 0 Å². The Morgan fingerprint density at radius 3 is 2.68 bits per heavy atom. The van der Waals surface area contributed by atoms with Crippen LogP contribution in [0.25, 0.3) is 0 Å². The summed E-state index contributed by atoms with van der Waals surface area (Å²) < 4.78 is 2.16. The fourth-order valence-electron chi connectivity index (χ4n) is 4.46. The van der Waals surface area contributed by atoms with E-state index in [-0.39, 0.29) is 0 Å². The molecule has 2 fully saturated rings. The minimum Gasteiger partial charge on any atom is -0.340 e. The van der Waals surface area contributed by atoms with Gasteiger partial charge in [-0.05, 0) is 31.9 Å². The van der Waals surface area contributed by atoms with Gasteiger partial charge in [0.15, 0.2) is 0 Å². The molecule has 3 heterocycles. The van der Waals surface area contributed by atoms with Crippen LogP contribution in [0.5, 0.6) is 0 Å². The van der Waals surface area contributed by atoms with Gasteiger partial charge in [0.05, 0.1) is 11.4 Å². The standard InChI is InChI=1S/C19H31N5O/c25-19(16-5-2-1-3-6-16)23-11-9-22(10-12-23)15-17-13-18-14-20-7-4-8-24(18)21-17/h13,16,20H,1-12,14-15H2. The summed E-state index contributed by atoms with van der Waals surface area (Å²) in [6.07, 6.45) is 7.13. The molecule has 25 heavy (non-hydrogen) atoms. The Hall–Kier alpha value is -1.40. The molecule has 0 aromatic carbocycles. The minimum atomic E-state index is 0.302. The summed E-state index contributed by atoms with van der Waals surface area (Å²) in [5, 5.41) is 8.24. The lowest BCUT2D eigenvalue weighted by molar-refractivity contribution is -0.138. The van der Waals surface area contributed by atoms with Gasteiger partial charge in [0, 0.05) is 51.7 Å². The van der Waals surface area contributed by atoms with E-state index < -0.39 is 0 Å². The number of hydrogen-bond acceptors (Lipinski definition) is 4. The van der Waals surface area contributed by atoms with E-state index in [0.717, 1.165) is 71.6 Å². The van der Waals surface area contributed by atoms with Gasteiger partial charge in [-0.1, -0.05) is 19.3 Å². The molecule has 1 saturated carbocycles. The van der Waals surface area contributed by atoms with E-state index in [1.807, 2.05) is 0 Å². The van der Waals surface area contributed by atoms with Gasteiger partial charge in [0.1, 0.15) is 0 Å². The summed E-state index contributed by atoms with van der Waals surface area (Å²) in [6, 6.07) is 2.25. The van der Waals surface area contributed by atoms with E-state index in [0.29, 0.717) is 11.8 Å². The number of fused-ring (bicyclic) bond motifs is 1. The van der Waals surface area contributed by atoms with Gasteiger partial charge in [-0.15, -0.1) is 0 Å². The summed E-state index contributed by atoms with van der Waals surface area (Å²) in [5.41, 5.74) is 2.48. The summed E-state index contributed by atoms with van der Waals surface area (Å²) in [5.74, 6) is 0.718. The maximum Gasteiger partial charge on any atom is 0.225 e. The second-order valence-corrected chi connectivity index (χ2v) is 7.82. The van der Waals surface area contributed by atoms with Crippen molar-refractivity contribution in [3.8, 4) is 0 Å². The first-order valence-corrected chi connectivity index (χ1v) is 10.1. The molecule has 1 aliphatic carbocycles. The van der Waals surface area contributed by atoms with E-state index in [1.165, 1.54) is 30.7 Å². The summed E-state index contributed by atoms with van der Waals surface area (Å²) >= 11 is 0. The average molecular weight is 345 g/mol. The van der Waals surface area contributed by atoms with Crippen molar-refractivity contribution in [2.24, 2.45) is 5.92 Å². The fraction of sp³-hybridized carbons (Fsp3) is 0.789. The molecule has 6 nitrogen and oxygen atoms in total. The van der Waals surface area contributed by atoms with E-state index in [4.69, 9.17) is 5.10 Å². The second-order valence-electron chi connectivity index (χ2n) is 7.82. The lowest BCUT2D eigenvalue weighted by Crippen LogP contribution is -2.50. The van der Waals surface area contributed by atoms with Crippen molar-refractivity contribution in [2.75, 3.05) is 32.7 Å². The zero-order chi connectivity index (χ0) is 17.1. The molecule has 0 spiro atoms. The van der Waals surface area contributed by atoms with Crippen LogP contribution in [0.2, 0.25) is 0 Å². The third-order valence-electron chi connectivity index (χ3n) is 5.97. The maximum atomic E-state index is 12.7. The molecule has 138 valence electrons. The van der Waals surface area contributed by atoms with Crippen molar-refractivity contribution in [3.63, 3.8) is 0 Å². The van der Waals surface area contributed by atoms with Crippen molar-refractivity contribution in [1.82, 2.24) is 24.9 Å². The molecule has 1 N–H and O–H groups in total. The van der Waals surface area contributed by atoms with E-state index in [1.54, 1.807) is 0 Å². The van der Waals surface area contributed by atoms with Gasteiger partial charge in [0.25, 0.3) is 0 Å². The molecule has 0 radical (unpaired) electrons. The van der Waals surface area contributed by atoms with Gasteiger partial charge in [-0.2, -0.15) is 5.10 Å². The number of amides is 1. The highest BCUT2D eigenvalue weighted by Crippen LogP contribution is 2.26. The number of hydrogen-bond donors (Lipinski definition) is 1. The third-order valence-corrected chi connectivity index (χ3v) is 5.97. The molecule has 1 aromatic rings. The smallest absolute Gasteiger partial charge is 0.225 e. The highest BCUT2D eigenvalue weighted by atomic mass is 16.2. The van der Waals surface area contributed by atoms with Crippen LogP contribution in [-0.4, -0.2) is 58.2 Å². The number of carbonyl (C=O) groups is 1. The molecule has 1 aromatic heterocycles. The van der Waals surface area contributed by atoms with E-state index in [2.05, 4.69) is 25.9 Å². The number of aryl methyl sites for hydroxylation is 1. The van der Waals surface area contributed by atoms with Crippen molar-refractivity contribution >= 4 is 5.91 Å². The SMILES string of the molecule is O=C(C1CCCCC1)N1CCN(Cc2cc3n(n2)CCCNC3)CC1. The molecule has 0 atom stereocenters. The molecule has 2 aliphatic heterocycles. The van der Waals surface area contributed by atoms with Crippen molar-refractivity contribution in [3.05, 3.63) is 17.5 Å². The predicted octanol–water partition coefficient (Wildman–Crippen LogP) is 1.60. The first-order valence-electron chi connectivity index (χ1n) is 10.1. The zero-order valence-corrected chi connectivity index (χ0v) is 15.3. The Morgan fingerprint density at radius 2 is 1.88 bits per heavy atom. The largest absolute Gasteiger partial charge is 0.340 e.